The number of nitrogens with zero attached hydrogens (tertiary/aromatic N) is 2. The highest BCUT2D eigenvalue weighted by atomic mass is 32.2. The molecule has 3 N–H and O–H groups in total. The van der Waals surface area contributed by atoms with Crippen LogP contribution in [0.3, 0.4) is 0 Å². The third-order valence-electron chi connectivity index (χ3n) is 3.15. The van der Waals surface area contributed by atoms with Crippen LogP contribution < -0.4 is 10.0 Å². The molecule has 0 aliphatic heterocycles. The summed E-state index contributed by atoms with van der Waals surface area (Å²) in [5.41, 5.74) is 1.73. The van der Waals surface area contributed by atoms with Gasteiger partial charge in [-0.2, -0.15) is 5.10 Å². The molecule has 0 fully saturated rings. The van der Waals surface area contributed by atoms with E-state index in [2.05, 4.69) is 20.2 Å². The van der Waals surface area contributed by atoms with Gasteiger partial charge in [-0.25, -0.2) is 13.1 Å². The number of hydrogen-bond donors (Lipinski definition) is 3. The molecule has 8 heteroatoms. The lowest BCUT2D eigenvalue weighted by Gasteiger charge is -2.11. The van der Waals surface area contributed by atoms with Crippen molar-refractivity contribution in [1.82, 2.24) is 24.8 Å². The van der Waals surface area contributed by atoms with Crippen molar-refractivity contribution >= 4 is 10.0 Å². The van der Waals surface area contributed by atoms with Gasteiger partial charge in [-0.15, -0.1) is 0 Å². The molecule has 0 atom stereocenters. The molecule has 0 bridgehead atoms. The Morgan fingerprint density at radius 3 is 2.71 bits per heavy atom. The van der Waals surface area contributed by atoms with E-state index in [0.29, 0.717) is 6.54 Å². The molecular weight excluding hydrogens is 290 g/mol. The molecule has 0 unspecified atom stereocenters. The normalized spacial score (nSPS) is 12.2. The second kappa shape index (κ2) is 6.42. The summed E-state index contributed by atoms with van der Waals surface area (Å²) in [5.74, 6) is 0. The summed E-state index contributed by atoms with van der Waals surface area (Å²) in [7, 11) is -1.69. The lowest BCUT2D eigenvalue weighted by Crippen LogP contribution is -2.22. The first kappa shape index (κ1) is 15.7. The predicted molar refractivity (Wildman–Crippen MR) is 80.2 cm³/mol. The number of H-pyrrole nitrogens is 1. The van der Waals surface area contributed by atoms with Gasteiger partial charge in [-0.1, -0.05) is 0 Å². The van der Waals surface area contributed by atoms with Gasteiger partial charge in [0.2, 0.25) is 10.0 Å². The van der Waals surface area contributed by atoms with Crippen LogP contribution in [0.2, 0.25) is 0 Å². The zero-order chi connectivity index (χ0) is 15.5. The fourth-order valence-electron chi connectivity index (χ4n) is 2.08. The van der Waals surface area contributed by atoms with Gasteiger partial charge < -0.3 is 9.88 Å². The van der Waals surface area contributed by atoms with Gasteiger partial charge >= 0.3 is 0 Å². The molecule has 21 heavy (non-hydrogen) atoms. The molecule has 0 saturated carbocycles. The molecule has 0 amide bonds. The van der Waals surface area contributed by atoms with E-state index in [1.54, 1.807) is 24.7 Å². The Morgan fingerprint density at radius 2 is 2.14 bits per heavy atom. The Kier molecular flexibility index (Phi) is 4.81. The standard InChI is InChI=1S/C13H21N5O2S/c1-10(2)18-9-13(4-12(18)8-14-3)21(19,20)17-7-11-5-15-16-6-11/h4-6,9-10,14,17H,7-8H2,1-3H3,(H,15,16). The van der Waals surface area contributed by atoms with Gasteiger partial charge in [-0.3, -0.25) is 5.10 Å². The van der Waals surface area contributed by atoms with Gasteiger partial charge in [0, 0.05) is 42.8 Å². The van der Waals surface area contributed by atoms with Crippen LogP contribution in [0.5, 0.6) is 0 Å². The maximum Gasteiger partial charge on any atom is 0.242 e. The van der Waals surface area contributed by atoms with Crippen LogP contribution in [0.1, 0.15) is 31.1 Å². The fourth-order valence-corrected chi connectivity index (χ4v) is 3.15. The van der Waals surface area contributed by atoms with Gasteiger partial charge in [0.1, 0.15) is 0 Å². The van der Waals surface area contributed by atoms with Gasteiger partial charge in [0.15, 0.2) is 0 Å². The molecule has 0 aromatic carbocycles. The molecule has 0 aliphatic carbocycles. The summed E-state index contributed by atoms with van der Waals surface area (Å²) in [6.45, 7) is 4.88. The highest BCUT2D eigenvalue weighted by Gasteiger charge is 2.19. The predicted octanol–water partition coefficient (Wildman–Crippen LogP) is 0.990. The van der Waals surface area contributed by atoms with Crippen molar-refractivity contribution in [1.29, 1.82) is 0 Å². The van der Waals surface area contributed by atoms with Crippen molar-refractivity contribution in [3.05, 3.63) is 35.9 Å². The highest BCUT2D eigenvalue weighted by molar-refractivity contribution is 7.89. The molecule has 2 heterocycles. The molecule has 2 aromatic rings. The van der Waals surface area contributed by atoms with Crippen molar-refractivity contribution in [3.63, 3.8) is 0 Å². The molecule has 2 aromatic heterocycles. The smallest absolute Gasteiger partial charge is 0.242 e. The highest BCUT2D eigenvalue weighted by Crippen LogP contribution is 2.19. The number of aromatic nitrogens is 3. The van der Waals surface area contributed by atoms with Gasteiger partial charge in [0.25, 0.3) is 0 Å². The average Bonchev–Trinajstić information content (AvgIpc) is 3.06. The third-order valence-corrected chi connectivity index (χ3v) is 4.52. The van der Waals surface area contributed by atoms with E-state index >= 15 is 0 Å². The Morgan fingerprint density at radius 1 is 1.38 bits per heavy atom. The Balaban J connectivity index is 2.21. The van der Waals surface area contributed by atoms with Crippen LogP contribution in [-0.2, 0) is 23.1 Å². The molecular formula is C13H21N5O2S. The largest absolute Gasteiger partial charge is 0.346 e. The van der Waals surface area contributed by atoms with Crippen LogP contribution in [0.15, 0.2) is 29.6 Å². The number of sulfonamides is 1. The number of nitrogens with one attached hydrogen (secondary N) is 3. The van der Waals surface area contributed by atoms with E-state index in [1.165, 1.54) is 0 Å². The van der Waals surface area contributed by atoms with E-state index in [0.717, 1.165) is 11.3 Å². The average molecular weight is 311 g/mol. The van der Waals surface area contributed by atoms with Crippen molar-refractivity contribution in [3.8, 4) is 0 Å². The first-order valence-electron chi connectivity index (χ1n) is 6.76. The lowest BCUT2D eigenvalue weighted by molar-refractivity contribution is 0.561. The number of hydrogen-bond acceptors (Lipinski definition) is 4. The van der Waals surface area contributed by atoms with Crippen molar-refractivity contribution < 1.29 is 8.42 Å². The molecule has 0 spiro atoms. The van der Waals surface area contributed by atoms with E-state index in [9.17, 15) is 8.42 Å². The summed E-state index contributed by atoms with van der Waals surface area (Å²) >= 11 is 0. The van der Waals surface area contributed by atoms with Crippen molar-refractivity contribution in [2.75, 3.05) is 7.05 Å². The molecule has 2 rings (SSSR count). The number of aromatic amines is 1. The van der Waals surface area contributed by atoms with E-state index < -0.39 is 10.0 Å². The van der Waals surface area contributed by atoms with Crippen LogP contribution >= 0.6 is 0 Å². The maximum atomic E-state index is 12.3. The van der Waals surface area contributed by atoms with E-state index in [4.69, 9.17) is 0 Å². The molecule has 0 radical (unpaired) electrons. The van der Waals surface area contributed by atoms with Gasteiger partial charge in [-0.05, 0) is 27.0 Å². The molecule has 0 aliphatic rings. The minimum absolute atomic E-state index is 0.200. The Hall–Kier alpha value is -1.64. The molecule has 116 valence electrons. The van der Waals surface area contributed by atoms with Crippen LogP contribution in [-0.4, -0.2) is 30.2 Å². The maximum absolute atomic E-state index is 12.3. The van der Waals surface area contributed by atoms with Crippen molar-refractivity contribution in [2.24, 2.45) is 0 Å². The Labute approximate surface area is 124 Å². The molecule has 0 saturated heterocycles. The summed E-state index contributed by atoms with van der Waals surface area (Å²) in [6.07, 6.45) is 4.93. The SMILES string of the molecule is CNCc1cc(S(=O)(=O)NCc2cn[nH]c2)cn1C(C)C. The number of rotatable bonds is 7. The monoisotopic (exact) mass is 311 g/mol. The van der Waals surface area contributed by atoms with Gasteiger partial charge in [0.05, 0.1) is 11.1 Å². The zero-order valence-corrected chi connectivity index (χ0v) is 13.2. The quantitative estimate of drug-likeness (QED) is 0.711. The summed E-state index contributed by atoms with van der Waals surface area (Å²) in [5, 5.41) is 9.49. The first-order valence-corrected chi connectivity index (χ1v) is 8.25. The topological polar surface area (TPSA) is 91.8 Å². The third kappa shape index (κ3) is 3.72. The minimum Gasteiger partial charge on any atom is -0.346 e. The van der Waals surface area contributed by atoms with Crippen LogP contribution in [0.4, 0.5) is 0 Å². The van der Waals surface area contributed by atoms with Crippen molar-refractivity contribution in [2.45, 2.75) is 37.9 Å². The first-order chi connectivity index (χ1) is 9.94. The lowest BCUT2D eigenvalue weighted by atomic mass is 10.3. The summed E-state index contributed by atoms with van der Waals surface area (Å²) in [4.78, 5) is 0.282. The van der Waals surface area contributed by atoms with Crippen LogP contribution in [0, 0.1) is 0 Å². The minimum atomic E-state index is -3.53. The zero-order valence-electron chi connectivity index (χ0n) is 12.4. The fraction of sp³-hybridized carbons (Fsp3) is 0.462. The molecule has 7 nitrogen and oxygen atoms in total. The second-order valence-corrected chi connectivity index (χ2v) is 6.90. The second-order valence-electron chi connectivity index (χ2n) is 5.13. The summed E-state index contributed by atoms with van der Waals surface area (Å²) in [6, 6.07) is 1.90. The van der Waals surface area contributed by atoms with E-state index in [-0.39, 0.29) is 17.5 Å². The Bertz CT molecular complexity index is 673. The van der Waals surface area contributed by atoms with E-state index in [1.807, 2.05) is 25.5 Å². The van der Waals surface area contributed by atoms with Crippen LogP contribution in [0.25, 0.3) is 0 Å². The summed E-state index contributed by atoms with van der Waals surface area (Å²) < 4.78 is 29.2.